The summed E-state index contributed by atoms with van der Waals surface area (Å²) >= 11 is 3.51. The second kappa shape index (κ2) is 5.40. The van der Waals surface area contributed by atoms with Gasteiger partial charge in [0.05, 0.1) is 0 Å². The minimum atomic E-state index is -0.158. The molecule has 102 valence electrons. The Bertz CT molecular complexity index is 718. The molecule has 0 bridgehead atoms. The summed E-state index contributed by atoms with van der Waals surface area (Å²) in [5, 5.41) is 1.08. The van der Waals surface area contributed by atoms with Crippen molar-refractivity contribution in [1.82, 2.24) is 5.43 Å². The molecule has 1 aromatic heterocycles. The average molecular weight is 331 g/mol. The smallest absolute Gasteiger partial charge is 0.134 e. The number of hydrogen-bond donors (Lipinski definition) is 2. The minimum absolute atomic E-state index is 0.158. The van der Waals surface area contributed by atoms with Crippen molar-refractivity contribution in [2.24, 2.45) is 5.84 Å². The zero-order valence-electron chi connectivity index (χ0n) is 11.1. The van der Waals surface area contributed by atoms with Crippen molar-refractivity contribution in [1.29, 1.82) is 0 Å². The molecule has 0 amide bonds. The van der Waals surface area contributed by atoms with Gasteiger partial charge in [0, 0.05) is 9.86 Å². The Kier molecular flexibility index (Phi) is 3.61. The van der Waals surface area contributed by atoms with Gasteiger partial charge in [-0.05, 0) is 36.2 Å². The highest BCUT2D eigenvalue weighted by Crippen LogP contribution is 2.29. The number of benzene rings is 2. The van der Waals surface area contributed by atoms with Crippen molar-refractivity contribution in [2.75, 3.05) is 0 Å². The van der Waals surface area contributed by atoms with E-state index in [0.29, 0.717) is 0 Å². The highest BCUT2D eigenvalue weighted by molar-refractivity contribution is 9.10. The maximum absolute atomic E-state index is 5.89. The summed E-state index contributed by atoms with van der Waals surface area (Å²) in [6.07, 6.45) is 0. The highest BCUT2D eigenvalue weighted by Gasteiger charge is 2.17. The van der Waals surface area contributed by atoms with Crippen LogP contribution in [0.15, 0.2) is 57.4 Å². The SMILES string of the molecule is Cc1cc(C(NN)c2cc3ccccc3o2)ccc1Br. The minimum Gasteiger partial charge on any atom is -0.459 e. The maximum atomic E-state index is 5.89. The molecule has 3 rings (SSSR count). The summed E-state index contributed by atoms with van der Waals surface area (Å²) in [6.45, 7) is 2.06. The summed E-state index contributed by atoms with van der Waals surface area (Å²) < 4.78 is 6.98. The van der Waals surface area contributed by atoms with E-state index in [2.05, 4.69) is 34.3 Å². The van der Waals surface area contributed by atoms with Crippen LogP contribution in [0.5, 0.6) is 0 Å². The van der Waals surface area contributed by atoms with Gasteiger partial charge in [-0.1, -0.05) is 46.3 Å². The number of hydrogen-bond acceptors (Lipinski definition) is 3. The van der Waals surface area contributed by atoms with Crippen LogP contribution in [-0.4, -0.2) is 0 Å². The van der Waals surface area contributed by atoms with Crippen molar-refractivity contribution in [3.05, 3.63) is 69.9 Å². The fourth-order valence-electron chi connectivity index (χ4n) is 2.33. The van der Waals surface area contributed by atoms with Crippen molar-refractivity contribution in [3.8, 4) is 0 Å². The molecule has 0 aliphatic rings. The largest absolute Gasteiger partial charge is 0.459 e. The van der Waals surface area contributed by atoms with Crippen LogP contribution in [0, 0.1) is 6.92 Å². The van der Waals surface area contributed by atoms with Gasteiger partial charge < -0.3 is 4.42 Å². The Morgan fingerprint density at radius 1 is 1.15 bits per heavy atom. The Hall–Kier alpha value is -1.62. The molecule has 3 N–H and O–H groups in total. The van der Waals surface area contributed by atoms with Crippen molar-refractivity contribution in [2.45, 2.75) is 13.0 Å². The van der Waals surface area contributed by atoms with Crippen LogP contribution in [0.2, 0.25) is 0 Å². The second-order valence-corrected chi connectivity index (χ2v) is 5.65. The van der Waals surface area contributed by atoms with E-state index in [-0.39, 0.29) is 6.04 Å². The number of nitrogens with two attached hydrogens (primary N) is 1. The number of halogens is 1. The average Bonchev–Trinajstić information content (AvgIpc) is 2.87. The Labute approximate surface area is 125 Å². The highest BCUT2D eigenvalue weighted by atomic mass is 79.9. The van der Waals surface area contributed by atoms with E-state index in [1.54, 1.807) is 0 Å². The van der Waals surface area contributed by atoms with Gasteiger partial charge in [-0.3, -0.25) is 5.84 Å². The molecule has 0 aliphatic carbocycles. The van der Waals surface area contributed by atoms with Crippen LogP contribution >= 0.6 is 15.9 Å². The van der Waals surface area contributed by atoms with Gasteiger partial charge >= 0.3 is 0 Å². The maximum Gasteiger partial charge on any atom is 0.134 e. The van der Waals surface area contributed by atoms with Gasteiger partial charge in [0.2, 0.25) is 0 Å². The first-order valence-electron chi connectivity index (χ1n) is 6.39. The molecule has 20 heavy (non-hydrogen) atoms. The molecule has 3 aromatic rings. The fourth-order valence-corrected chi connectivity index (χ4v) is 2.58. The number of hydrazine groups is 1. The number of aryl methyl sites for hydroxylation is 1. The topological polar surface area (TPSA) is 51.2 Å². The number of nitrogens with one attached hydrogen (secondary N) is 1. The molecule has 3 nitrogen and oxygen atoms in total. The Morgan fingerprint density at radius 2 is 1.95 bits per heavy atom. The van der Waals surface area contributed by atoms with Crippen LogP contribution in [0.4, 0.5) is 0 Å². The molecule has 0 aliphatic heterocycles. The van der Waals surface area contributed by atoms with Gasteiger partial charge in [0.1, 0.15) is 17.4 Å². The van der Waals surface area contributed by atoms with Crippen LogP contribution in [0.25, 0.3) is 11.0 Å². The summed E-state index contributed by atoms with van der Waals surface area (Å²) in [6, 6.07) is 16.0. The quantitative estimate of drug-likeness (QED) is 0.562. The summed E-state index contributed by atoms with van der Waals surface area (Å²) in [4.78, 5) is 0. The van der Waals surface area contributed by atoms with E-state index in [9.17, 15) is 0 Å². The molecule has 1 heterocycles. The Morgan fingerprint density at radius 3 is 2.65 bits per heavy atom. The summed E-state index contributed by atoms with van der Waals surface area (Å²) in [5.41, 5.74) is 5.95. The van der Waals surface area contributed by atoms with E-state index in [1.165, 1.54) is 5.56 Å². The van der Waals surface area contributed by atoms with E-state index in [0.717, 1.165) is 26.8 Å². The van der Waals surface area contributed by atoms with E-state index >= 15 is 0 Å². The van der Waals surface area contributed by atoms with E-state index in [4.69, 9.17) is 10.3 Å². The normalized spacial score (nSPS) is 12.8. The third kappa shape index (κ3) is 2.38. The lowest BCUT2D eigenvalue weighted by molar-refractivity contribution is 0.477. The second-order valence-electron chi connectivity index (χ2n) is 4.79. The summed E-state index contributed by atoms with van der Waals surface area (Å²) in [5.74, 6) is 6.54. The lowest BCUT2D eigenvalue weighted by Gasteiger charge is -2.14. The first kappa shape index (κ1) is 13.4. The Balaban J connectivity index is 2.06. The number of rotatable bonds is 3. The number of para-hydroxylation sites is 1. The molecule has 0 saturated heterocycles. The first-order chi connectivity index (χ1) is 9.69. The summed E-state index contributed by atoms with van der Waals surface area (Å²) in [7, 11) is 0. The van der Waals surface area contributed by atoms with E-state index < -0.39 is 0 Å². The zero-order chi connectivity index (χ0) is 14.1. The molecule has 1 unspecified atom stereocenters. The standard InChI is InChI=1S/C16H15BrN2O/c1-10-8-12(6-7-13(10)17)16(19-18)15-9-11-4-2-3-5-14(11)20-15/h2-9,16,19H,18H2,1H3. The molecule has 1 atom stereocenters. The van der Waals surface area contributed by atoms with Crippen LogP contribution in [0.3, 0.4) is 0 Å². The third-order valence-corrected chi connectivity index (χ3v) is 4.30. The van der Waals surface area contributed by atoms with Crippen molar-refractivity contribution >= 4 is 26.9 Å². The van der Waals surface area contributed by atoms with Gasteiger partial charge in [-0.15, -0.1) is 0 Å². The molecule has 0 spiro atoms. The van der Waals surface area contributed by atoms with Crippen molar-refractivity contribution in [3.63, 3.8) is 0 Å². The number of furan rings is 1. The lowest BCUT2D eigenvalue weighted by atomic mass is 10.0. The van der Waals surface area contributed by atoms with Gasteiger partial charge in [0.15, 0.2) is 0 Å². The van der Waals surface area contributed by atoms with Gasteiger partial charge in [0.25, 0.3) is 0 Å². The zero-order valence-corrected chi connectivity index (χ0v) is 12.6. The van der Waals surface area contributed by atoms with E-state index in [1.807, 2.05) is 42.5 Å². The molecule has 4 heteroatoms. The van der Waals surface area contributed by atoms with Gasteiger partial charge in [-0.25, -0.2) is 5.43 Å². The van der Waals surface area contributed by atoms with Gasteiger partial charge in [-0.2, -0.15) is 0 Å². The van der Waals surface area contributed by atoms with Crippen LogP contribution in [-0.2, 0) is 0 Å². The fraction of sp³-hybridized carbons (Fsp3) is 0.125. The molecule has 0 fully saturated rings. The predicted molar refractivity (Wildman–Crippen MR) is 84.3 cm³/mol. The molecular weight excluding hydrogens is 316 g/mol. The van der Waals surface area contributed by atoms with Crippen LogP contribution in [0.1, 0.15) is 22.9 Å². The van der Waals surface area contributed by atoms with Crippen LogP contribution < -0.4 is 11.3 Å². The third-order valence-electron chi connectivity index (χ3n) is 3.41. The lowest BCUT2D eigenvalue weighted by Crippen LogP contribution is -2.28. The predicted octanol–water partition coefficient (Wildman–Crippen LogP) is 4.06. The molecular formula is C16H15BrN2O. The molecule has 2 aromatic carbocycles. The van der Waals surface area contributed by atoms with Crippen molar-refractivity contribution < 1.29 is 4.42 Å². The molecule has 0 saturated carbocycles. The first-order valence-corrected chi connectivity index (χ1v) is 7.19. The number of fused-ring (bicyclic) bond motifs is 1. The molecule has 0 radical (unpaired) electrons. The monoisotopic (exact) mass is 330 g/mol.